The SMILES string of the molecule is C/C=C(/C)C(CC(=O)N1C(=S)SCC1C(C)C)O[Si](C)(C)C(C)(C)C. The van der Waals surface area contributed by atoms with Crippen molar-refractivity contribution in [1.29, 1.82) is 0 Å². The third-order valence-corrected chi connectivity index (χ3v) is 11.5. The van der Waals surface area contributed by atoms with Gasteiger partial charge >= 0.3 is 0 Å². The topological polar surface area (TPSA) is 29.5 Å². The highest BCUT2D eigenvalue weighted by atomic mass is 32.2. The van der Waals surface area contributed by atoms with Crippen LogP contribution in [-0.4, -0.2) is 41.3 Å². The number of thioether (sulfide) groups is 1. The van der Waals surface area contributed by atoms with Crippen LogP contribution in [0.25, 0.3) is 0 Å². The van der Waals surface area contributed by atoms with Gasteiger partial charge in [-0.1, -0.05) is 64.7 Å². The molecule has 0 aromatic rings. The molecule has 25 heavy (non-hydrogen) atoms. The van der Waals surface area contributed by atoms with E-state index in [9.17, 15) is 4.79 Å². The molecule has 1 aliphatic rings. The Balaban J connectivity index is 2.99. The zero-order chi connectivity index (χ0) is 19.6. The summed E-state index contributed by atoms with van der Waals surface area (Å²) in [6, 6.07) is 0.199. The van der Waals surface area contributed by atoms with E-state index >= 15 is 0 Å². The van der Waals surface area contributed by atoms with E-state index in [1.165, 1.54) is 0 Å². The van der Waals surface area contributed by atoms with Gasteiger partial charge in [0.05, 0.1) is 12.5 Å². The van der Waals surface area contributed by atoms with Gasteiger partial charge in [0.15, 0.2) is 8.32 Å². The Kier molecular flexibility index (Phi) is 7.94. The van der Waals surface area contributed by atoms with Crippen LogP contribution in [0.1, 0.15) is 54.9 Å². The number of carbonyl (C=O) groups excluding carboxylic acids is 1. The van der Waals surface area contributed by atoms with E-state index in [-0.39, 0.29) is 23.1 Å². The molecule has 1 heterocycles. The molecule has 1 rings (SSSR count). The average Bonchev–Trinajstić information content (AvgIpc) is 2.86. The minimum atomic E-state index is -1.96. The molecular formula is C19H35NO2S2Si. The van der Waals surface area contributed by atoms with Gasteiger partial charge in [0.25, 0.3) is 0 Å². The summed E-state index contributed by atoms with van der Waals surface area (Å²) in [6.07, 6.45) is 2.26. The van der Waals surface area contributed by atoms with E-state index in [2.05, 4.69) is 60.7 Å². The van der Waals surface area contributed by atoms with Crippen molar-refractivity contribution >= 4 is 42.5 Å². The molecule has 0 N–H and O–H groups in total. The summed E-state index contributed by atoms with van der Waals surface area (Å²) in [5, 5.41) is 0.113. The fraction of sp³-hybridized carbons (Fsp3) is 0.789. The van der Waals surface area contributed by atoms with Crippen LogP contribution in [0.4, 0.5) is 0 Å². The molecule has 1 fully saturated rings. The first-order chi connectivity index (χ1) is 11.3. The van der Waals surface area contributed by atoms with Gasteiger partial charge in [0.1, 0.15) is 4.32 Å². The molecule has 1 saturated heterocycles. The Bertz CT molecular complexity index is 538. The van der Waals surface area contributed by atoms with Crippen molar-refractivity contribution in [3.05, 3.63) is 11.6 Å². The van der Waals surface area contributed by atoms with Crippen LogP contribution in [0.5, 0.6) is 0 Å². The Morgan fingerprint density at radius 2 is 2.00 bits per heavy atom. The van der Waals surface area contributed by atoms with Gasteiger partial charge < -0.3 is 4.43 Å². The number of amides is 1. The van der Waals surface area contributed by atoms with Gasteiger partial charge in [0, 0.05) is 11.8 Å². The van der Waals surface area contributed by atoms with Crippen molar-refractivity contribution in [3.63, 3.8) is 0 Å². The predicted molar refractivity (Wildman–Crippen MR) is 117 cm³/mol. The molecule has 2 atom stereocenters. The molecule has 0 saturated carbocycles. The van der Waals surface area contributed by atoms with Crippen molar-refractivity contribution in [2.24, 2.45) is 5.92 Å². The number of hydrogen-bond acceptors (Lipinski definition) is 4. The zero-order valence-corrected chi connectivity index (χ0v) is 19.9. The lowest BCUT2D eigenvalue weighted by atomic mass is 10.0. The predicted octanol–water partition coefficient (Wildman–Crippen LogP) is 5.62. The highest BCUT2D eigenvalue weighted by Gasteiger charge is 2.41. The quantitative estimate of drug-likeness (QED) is 0.328. The molecule has 0 spiro atoms. The summed E-state index contributed by atoms with van der Waals surface area (Å²) in [6.45, 7) is 19.5. The molecule has 0 bridgehead atoms. The van der Waals surface area contributed by atoms with Crippen LogP contribution < -0.4 is 0 Å². The van der Waals surface area contributed by atoms with Gasteiger partial charge in [0.2, 0.25) is 5.91 Å². The second kappa shape index (κ2) is 8.68. The number of nitrogens with zero attached hydrogens (tertiary/aromatic N) is 1. The molecule has 1 aliphatic heterocycles. The van der Waals surface area contributed by atoms with Crippen LogP contribution in [0.3, 0.4) is 0 Å². The fourth-order valence-corrected chi connectivity index (χ4v) is 5.48. The summed E-state index contributed by atoms with van der Waals surface area (Å²) >= 11 is 7.07. The maximum absolute atomic E-state index is 13.1. The molecule has 0 aliphatic carbocycles. The Labute approximate surface area is 165 Å². The van der Waals surface area contributed by atoms with Gasteiger partial charge in [-0.3, -0.25) is 9.69 Å². The minimum Gasteiger partial charge on any atom is -0.410 e. The van der Waals surface area contributed by atoms with E-state index in [0.717, 1.165) is 11.3 Å². The molecule has 0 aromatic heterocycles. The lowest BCUT2D eigenvalue weighted by Gasteiger charge is -2.40. The van der Waals surface area contributed by atoms with Gasteiger partial charge in [-0.25, -0.2) is 0 Å². The monoisotopic (exact) mass is 401 g/mol. The van der Waals surface area contributed by atoms with Crippen LogP contribution in [-0.2, 0) is 9.22 Å². The number of thiocarbonyl (C=S) groups is 1. The van der Waals surface area contributed by atoms with E-state index in [1.807, 2.05) is 11.8 Å². The normalized spacial score (nSPS) is 21.2. The fourth-order valence-electron chi connectivity index (χ4n) is 2.48. The first kappa shape index (κ1) is 22.9. The van der Waals surface area contributed by atoms with Gasteiger partial charge in [-0.2, -0.15) is 0 Å². The summed E-state index contributed by atoms with van der Waals surface area (Å²) < 4.78 is 7.30. The second-order valence-electron chi connectivity index (χ2n) is 8.76. The Hall–Kier alpha value is -0.173. The first-order valence-electron chi connectivity index (χ1n) is 9.11. The largest absolute Gasteiger partial charge is 0.410 e. The lowest BCUT2D eigenvalue weighted by Crippen LogP contribution is -2.47. The Morgan fingerprint density at radius 3 is 2.44 bits per heavy atom. The summed E-state index contributed by atoms with van der Waals surface area (Å²) in [5.74, 6) is 1.40. The standard InChI is InChI=1S/C19H35NO2S2Si/c1-10-14(4)16(22-25(8,9)19(5,6)7)11-17(21)20-15(13(2)3)12-24-18(20)23/h10,13,15-16H,11-12H2,1-9H3/b14-10-. The zero-order valence-electron chi connectivity index (χ0n) is 17.3. The number of allylic oxidation sites excluding steroid dienone is 1. The minimum absolute atomic E-state index is 0.0959. The molecule has 1 amide bonds. The molecule has 3 nitrogen and oxygen atoms in total. The number of carbonyl (C=O) groups is 1. The molecule has 144 valence electrons. The van der Waals surface area contributed by atoms with Crippen LogP contribution in [0.2, 0.25) is 18.1 Å². The highest BCUT2D eigenvalue weighted by Crippen LogP contribution is 2.39. The smallest absolute Gasteiger partial charge is 0.231 e. The van der Waals surface area contributed by atoms with Crippen molar-refractivity contribution in [2.75, 3.05) is 5.75 Å². The third kappa shape index (κ3) is 5.65. The van der Waals surface area contributed by atoms with Crippen LogP contribution >= 0.6 is 24.0 Å². The van der Waals surface area contributed by atoms with E-state index in [0.29, 0.717) is 16.7 Å². The second-order valence-corrected chi connectivity index (χ2v) is 15.2. The average molecular weight is 402 g/mol. The van der Waals surface area contributed by atoms with Crippen LogP contribution in [0.15, 0.2) is 11.6 Å². The Morgan fingerprint density at radius 1 is 1.44 bits per heavy atom. The van der Waals surface area contributed by atoms with Crippen molar-refractivity contribution in [2.45, 2.75) is 85.2 Å². The number of rotatable bonds is 6. The maximum Gasteiger partial charge on any atom is 0.231 e. The summed E-state index contributed by atoms with van der Waals surface area (Å²) in [7, 11) is -1.96. The molecule has 2 unspecified atom stereocenters. The van der Waals surface area contributed by atoms with E-state index in [4.69, 9.17) is 16.6 Å². The van der Waals surface area contributed by atoms with Crippen molar-refractivity contribution in [1.82, 2.24) is 4.90 Å². The first-order valence-corrected chi connectivity index (χ1v) is 13.4. The van der Waals surface area contributed by atoms with E-state index in [1.54, 1.807) is 11.8 Å². The van der Waals surface area contributed by atoms with Gasteiger partial charge in [-0.15, -0.1) is 0 Å². The highest BCUT2D eigenvalue weighted by molar-refractivity contribution is 8.23. The summed E-state index contributed by atoms with van der Waals surface area (Å²) in [5.41, 5.74) is 1.12. The van der Waals surface area contributed by atoms with E-state index < -0.39 is 8.32 Å². The maximum atomic E-state index is 13.1. The molecular weight excluding hydrogens is 366 g/mol. The summed E-state index contributed by atoms with van der Waals surface area (Å²) in [4.78, 5) is 14.9. The molecule has 0 aromatic carbocycles. The molecule has 6 heteroatoms. The van der Waals surface area contributed by atoms with Crippen molar-refractivity contribution in [3.8, 4) is 0 Å². The molecule has 0 radical (unpaired) electrons. The third-order valence-electron chi connectivity index (χ3n) is 5.51. The van der Waals surface area contributed by atoms with Gasteiger partial charge in [-0.05, 0) is 43.5 Å². The van der Waals surface area contributed by atoms with Crippen LogP contribution in [0, 0.1) is 5.92 Å². The number of hydrogen-bond donors (Lipinski definition) is 0. The van der Waals surface area contributed by atoms with Crippen molar-refractivity contribution < 1.29 is 9.22 Å². The lowest BCUT2D eigenvalue weighted by molar-refractivity contribution is -0.130.